The van der Waals surface area contributed by atoms with Gasteiger partial charge in [-0.3, -0.25) is 0 Å². The van der Waals surface area contributed by atoms with E-state index >= 15 is 0 Å². The Balaban J connectivity index is 3.23. The van der Waals surface area contributed by atoms with Crippen LogP contribution in [0, 0.1) is 0 Å². The van der Waals surface area contributed by atoms with E-state index in [1.807, 2.05) is 0 Å². The number of hydrogen-bond acceptors (Lipinski definition) is 2. The fourth-order valence-electron chi connectivity index (χ4n) is 3.57. The molecule has 0 saturated heterocycles. The van der Waals surface area contributed by atoms with Crippen LogP contribution in [0.5, 0.6) is 0 Å². The van der Waals surface area contributed by atoms with E-state index in [0.29, 0.717) is 0 Å². The summed E-state index contributed by atoms with van der Waals surface area (Å²) >= 11 is 0. The maximum Gasteiger partial charge on any atom is 0.0805 e. The summed E-state index contributed by atoms with van der Waals surface area (Å²) in [5.41, 5.74) is 0. The molecule has 0 radical (unpaired) electrons. The summed E-state index contributed by atoms with van der Waals surface area (Å²) in [6.45, 7) is 5.56. The highest BCUT2D eigenvalue weighted by atomic mass is 16.5. The van der Waals surface area contributed by atoms with Crippen LogP contribution in [0.15, 0.2) is 0 Å². The third kappa shape index (κ3) is 20.2. The molecule has 2 heteroatoms. The third-order valence-corrected chi connectivity index (χ3v) is 5.43. The zero-order valence-electron chi connectivity index (χ0n) is 18.3. The average molecular weight is 371 g/mol. The van der Waals surface area contributed by atoms with Gasteiger partial charge in [-0.05, 0) is 12.8 Å². The van der Waals surface area contributed by atoms with E-state index in [1.54, 1.807) is 0 Å². The summed E-state index contributed by atoms with van der Waals surface area (Å²) in [4.78, 5) is 0. The second-order valence-electron chi connectivity index (χ2n) is 8.12. The van der Waals surface area contributed by atoms with Crippen LogP contribution in [0.4, 0.5) is 0 Å². The Morgan fingerprint density at radius 3 is 1.35 bits per heavy atom. The van der Waals surface area contributed by atoms with E-state index in [1.165, 1.54) is 109 Å². The smallest absolute Gasteiger partial charge is 0.0805 e. The van der Waals surface area contributed by atoms with Gasteiger partial charge in [-0.15, -0.1) is 0 Å². The summed E-state index contributed by atoms with van der Waals surface area (Å²) in [5, 5.41) is 9.43. The Hall–Kier alpha value is -0.0800. The van der Waals surface area contributed by atoms with Gasteiger partial charge in [0.25, 0.3) is 0 Å². The lowest BCUT2D eigenvalue weighted by atomic mass is 10.1. The van der Waals surface area contributed by atoms with Gasteiger partial charge in [-0.1, -0.05) is 123 Å². The van der Waals surface area contributed by atoms with Gasteiger partial charge in [0.05, 0.1) is 12.7 Å². The lowest BCUT2D eigenvalue weighted by molar-refractivity contribution is 0.00497. The highest BCUT2D eigenvalue weighted by molar-refractivity contribution is 4.57. The predicted octanol–water partition coefficient (Wildman–Crippen LogP) is 7.82. The number of hydrogen-bond donors (Lipinski definition) is 1. The number of unbranched alkanes of at least 4 members (excludes halogenated alkanes) is 16. The van der Waals surface area contributed by atoms with Gasteiger partial charge < -0.3 is 9.84 Å². The molecule has 0 bridgehead atoms. The van der Waals surface area contributed by atoms with Gasteiger partial charge in [-0.25, -0.2) is 0 Å². The minimum atomic E-state index is 0.0777. The van der Waals surface area contributed by atoms with Crippen LogP contribution < -0.4 is 0 Å². The van der Waals surface area contributed by atoms with Crippen molar-refractivity contribution in [2.45, 2.75) is 142 Å². The predicted molar refractivity (Wildman–Crippen MR) is 116 cm³/mol. The molecule has 0 heterocycles. The molecule has 0 saturated carbocycles. The largest absolute Gasteiger partial charge is 0.394 e. The first-order valence-electron chi connectivity index (χ1n) is 12.1. The van der Waals surface area contributed by atoms with Crippen LogP contribution in [0.25, 0.3) is 0 Å². The summed E-state index contributed by atoms with van der Waals surface area (Å²) in [6.07, 6.45) is 25.5. The van der Waals surface area contributed by atoms with Gasteiger partial charge in [-0.2, -0.15) is 0 Å². The molecule has 26 heavy (non-hydrogen) atoms. The highest BCUT2D eigenvalue weighted by Gasteiger charge is 2.07. The van der Waals surface area contributed by atoms with E-state index in [0.717, 1.165) is 19.4 Å². The van der Waals surface area contributed by atoms with Crippen LogP contribution in [-0.4, -0.2) is 24.4 Å². The fraction of sp³-hybridized carbons (Fsp3) is 1.00. The molecular formula is C24H50O2. The molecule has 0 aliphatic rings. The molecule has 0 fully saturated rings. The topological polar surface area (TPSA) is 29.5 Å². The summed E-state index contributed by atoms with van der Waals surface area (Å²) < 4.78 is 5.86. The number of aliphatic hydroxyl groups excluding tert-OH is 1. The standard InChI is InChI=1S/C24H50O2/c1-3-5-7-9-11-12-13-14-15-16-18-20-22-26-24(23-25)21-19-17-10-8-6-4-2/h24-25H,3-23H2,1-2H3. The van der Waals surface area contributed by atoms with Crippen LogP contribution in [0.1, 0.15) is 136 Å². The van der Waals surface area contributed by atoms with Crippen molar-refractivity contribution < 1.29 is 9.84 Å². The Labute approximate surface area is 165 Å². The van der Waals surface area contributed by atoms with Crippen molar-refractivity contribution in [2.75, 3.05) is 13.2 Å². The third-order valence-electron chi connectivity index (χ3n) is 5.43. The number of ether oxygens (including phenoxy) is 1. The molecule has 0 aliphatic carbocycles. The first kappa shape index (κ1) is 25.9. The second-order valence-corrected chi connectivity index (χ2v) is 8.12. The fourth-order valence-corrected chi connectivity index (χ4v) is 3.57. The quantitative estimate of drug-likeness (QED) is 0.197. The highest BCUT2D eigenvalue weighted by Crippen LogP contribution is 2.13. The zero-order valence-corrected chi connectivity index (χ0v) is 18.3. The van der Waals surface area contributed by atoms with Gasteiger partial charge in [0, 0.05) is 6.61 Å². The number of aliphatic hydroxyl groups is 1. The van der Waals surface area contributed by atoms with E-state index in [9.17, 15) is 5.11 Å². The maximum atomic E-state index is 9.43. The molecule has 0 aromatic heterocycles. The Morgan fingerprint density at radius 2 is 0.923 bits per heavy atom. The van der Waals surface area contributed by atoms with Gasteiger partial charge in [0.2, 0.25) is 0 Å². The van der Waals surface area contributed by atoms with Crippen molar-refractivity contribution in [2.24, 2.45) is 0 Å². The van der Waals surface area contributed by atoms with Crippen molar-refractivity contribution in [3.63, 3.8) is 0 Å². The van der Waals surface area contributed by atoms with Gasteiger partial charge in [0.1, 0.15) is 0 Å². The van der Waals surface area contributed by atoms with E-state index in [-0.39, 0.29) is 12.7 Å². The molecule has 0 rings (SSSR count). The minimum absolute atomic E-state index is 0.0777. The normalized spacial score (nSPS) is 12.6. The van der Waals surface area contributed by atoms with Crippen LogP contribution in [-0.2, 0) is 4.74 Å². The lowest BCUT2D eigenvalue weighted by Crippen LogP contribution is -2.18. The maximum absolute atomic E-state index is 9.43. The average Bonchev–Trinajstić information content (AvgIpc) is 2.66. The minimum Gasteiger partial charge on any atom is -0.394 e. The van der Waals surface area contributed by atoms with E-state index in [2.05, 4.69) is 13.8 Å². The molecule has 0 aliphatic heterocycles. The number of rotatable bonds is 22. The van der Waals surface area contributed by atoms with Crippen LogP contribution in [0.3, 0.4) is 0 Å². The van der Waals surface area contributed by atoms with E-state index in [4.69, 9.17) is 4.74 Å². The SMILES string of the molecule is CCCCCCCCCCCCCCOC(CO)CCCCCCCC. The van der Waals surface area contributed by atoms with Gasteiger partial charge >= 0.3 is 0 Å². The van der Waals surface area contributed by atoms with Crippen molar-refractivity contribution in [3.05, 3.63) is 0 Å². The van der Waals surface area contributed by atoms with Crippen molar-refractivity contribution in [1.82, 2.24) is 0 Å². The Kier molecular flexibility index (Phi) is 22.9. The molecule has 0 spiro atoms. The molecule has 2 nitrogen and oxygen atoms in total. The molecule has 158 valence electrons. The first-order valence-corrected chi connectivity index (χ1v) is 12.1. The molecule has 1 N–H and O–H groups in total. The Bertz CT molecular complexity index is 242. The molecule has 0 aromatic carbocycles. The lowest BCUT2D eigenvalue weighted by Gasteiger charge is -2.15. The van der Waals surface area contributed by atoms with Crippen LogP contribution >= 0.6 is 0 Å². The monoisotopic (exact) mass is 370 g/mol. The second kappa shape index (κ2) is 23.0. The zero-order chi connectivity index (χ0) is 19.1. The molecule has 1 atom stereocenters. The van der Waals surface area contributed by atoms with Crippen molar-refractivity contribution >= 4 is 0 Å². The Morgan fingerprint density at radius 1 is 0.538 bits per heavy atom. The summed E-state index contributed by atoms with van der Waals surface area (Å²) in [7, 11) is 0. The molecule has 0 aromatic rings. The summed E-state index contributed by atoms with van der Waals surface area (Å²) in [6, 6.07) is 0. The van der Waals surface area contributed by atoms with Gasteiger partial charge in [0.15, 0.2) is 0 Å². The van der Waals surface area contributed by atoms with Crippen LogP contribution in [0.2, 0.25) is 0 Å². The first-order chi connectivity index (χ1) is 12.8. The van der Waals surface area contributed by atoms with Crippen molar-refractivity contribution in [1.29, 1.82) is 0 Å². The molecule has 0 amide bonds. The van der Waals surface area contributed by atoms with Crippen molar-refractivity contribution in [3.8, 4) is 0 Å². The van der Waals surface area contributed by atoms with E-state index < -0.39 is 0 Å². The molecular weight excluding hydrogens is 320 g/mol. The molecule has 1 unspecified atom stereocenters. The summed E-state index contributed by atoms with van der Waals surface area (Å²) in [5.74, 6) is 0.